The first-order chi connectivity index (χ1) is 10.2. The van der Waals surface area contributed by atoms with Crippen molar-refractivity contribution in [1.29, 1.82) is 0 Å². The van der Waals surface area contributed by atoms with E-state index in [4.69, 9.17) is 17.3 Å². The predicted octanol–water partition coefficient (Wildman–Crippen LogP) is 5.26. The number of thiophene rings is 2. The lowest BCUT2D eigenvalue weighted by Gasteiger charge is -2.05. The predicted molar refractivity (Wildman–Crippen MR) is 92.1 cm³/mol. The van der Waals surface area contributed by atoms with E-state index in [1.807, 2.05) is 24.3 Å². The fourth-order valence-electron chi connectivity index (χ4n) is 2.36. The van der Waals surface area contributed by atoms with Gasteiger partial charge in [-0.05, 0) is 23.6 Å². The van der Waals surface area contributed by atoms with Gasteiger partial charge in [0.2, 0.25) is 0 Å². The van der Waals surface area contributed by atoms with Crippen molar-refractivity contribution in [3.63, 3.8) is 0 Å². The quantitative estimate of drug-likeness (QED) is 0.526. The summed E-state index contributed by atoms with van der Waals surface area (Å²) in [6.45, 7) is 0. The number of anilines is 1. The molecule has 0 bridgehead atoms. The number of rotatable bonds is 2. The minimum atomic E-state index is 0.467. The summed E-state index contributed by atoms with van der Waals surface area (Å²) in [6, 6.07) is 12.0. The van der Waals surface area contributed by atoms with E-state index in [0.717, 1.165) is 21.7 Å². The number of benzene rings is 1. The minimum absolute atomic E-state index is 0.467. The Bertz CT molecular complexity index is 907. The van der Waals surface area contributed by atoms with Crippen molar-refractivity contribution in [2.45, 2.75) is 0 Å². The highest BCUT2D eigenvalue weighted by atomic mass is 35.5. The molecule has 104 valence electrons. The first-order valence-corrected chi connectivity index (χ1v) is 8.37. The number of H-pyrrole nitrogens is 1. The first kappa shape index (κ1) is 12.9. The van der Waals surface area contributed by atoms with Crippen LogP contribution < -0.4 is 5.73 Å². The van der Waals surface area contributed by atoms with E-state index >= 15 is 0 Å². The van der Waals surface area contributed by atoms with Crippen molar-refractivity contribution in [1.82, 2.24) is 10.2 Å². The summed E-state index contributed by atoms with van der Waals surface area (Å²) in [6.07, 6.45) is 0. The van der Waals surface area contributed by atoms with Crippen LogP contribution in [0.4, 0.5) is 5.82 Å². The second-order valence-corrected chi connectivity index (χ2v) is 7.04. The van der Waals surface area contributed by atoms with Crippen molar-refractivity contribution >= 4 is 49.5 Å². The summed E-state index contributed by atoms with van der Waals surface area (Å²) in [5.74, 6) is 0.467. The zero-order valence-corrected chi connectivity index (χ0v) is 13.1. The molecule has 0 aliphatic rings. The van der Waals surface area contributed by atoms with Gasteiger partial charge in [-0.25, -0.2) is 0 Å². The number of nitrogens with zero attached hydrogens (tertiary/aromatic N) is 1. The van der Waals surface area contributed by atoms with Crippen LogP contribution in [0.1, 0.15) is 0 Å². The van der Waals surface area contributed by atoms with E-state index in [9.17, 15) is 0 Å². The molecule has 3 aromatic heterocycles. The van der Waals surface area contributed by atoms with Gasteiger partial charge in [-0.15, -0.1) is 22.7 Å². The summed E-state index contributed by atoms with van der Waals surface area (Å²) < 4.78 is 2.54. The number of nitrogen functional groups attached to an aromatic ring is 1. The molecule has 0 aliphatic carbocycles. The van der Waals surface area contributed by atoms with Crippen molar-refractivity contribution in [2.24, 2.45) is 0 Å². The van der Waals surface area contributed by atoms with Crippen LogP contribution >= 0.6 is 34.3 Å². The summed E-state index contributed by atoms with van der Waals surface area (Å²) in [4.78, 5) is 1.12. The zero-order chi connectivity index (χ0) is 14.4. The molecule has 3 N–H and O–H groups in total. The molecular formula is C15H10ClN3S2. The molecule has 6 heteroatoms. The van der Waals surface area contributed by atoms with E-state index in [1.54, 1.807) is 22.7 Å². The summed E-state index contributed by atoms with van der Waals surface area (Å²) >= 11 is 9.77. The number of aromatic nitrogens is 2. The summed E-state index contributed by atoms with van der Waals surface area (Å²) in [5.41, 5.74) is 8.75. The number of aromatic amines is 1. The van der Waals surface area contributed by atoms with Gasteiger partial charge in [-0.2, -0.15) is 5.10 Å². The van der Waals surface area contributed by atoms with Crippen LogP contribution in [0.25, 0.3) is 31.1 Å². The van der Waals surface area contributed by atoms with Gasteiger partial charge in [0, 0.05) is 20.0 Å². The lowest BCUT2D eigenvalue weighted by atomic mass is 10.0. The molecule has 0 saturated carbocycles. The van der Waals surface area contributed by atoms with Crippen LogP contribution in [-0.2, 0) is 0 Å². The van der Waals surface area contributed by atoms with Gasteiger partial charge in [0.05, 0.1) is 16.1 Å². The lowest BCUT2D eigenvalue weighted by molar-refractivity contribution is 1.11. The Hall–Kier alpha value is -1.82. The molecule has 21 heavy (non-hydrogen) atoms. The normalized spacial score (nSPS) is 11.3. The average Bonchev–Trinajstić information content (AvgIpc) is 3.13. The van der Waals surface area contributed by atoms with Crippen molar-refractivity contribution in [3.05, 3.63) is 46.8 Å². The first-order valence-electron chi connectivity index (χ1n) is 6.30. The second kappa shape index (κ2) is 4.87. The van der Waals surface area contributed by atoms with E-state index in [-0.39, 0.29) is 0 Å². The Labute approximate surface area is 134 Å². The maximum absolute atomic E-state index is 6.31. The Kier molecular flexibility index (Phi) is 2.99. The maximum atomic E-state index is 6.31. The molecule has 0 atom stereocenters. The smallest absolute Gasteiger partial charge is 0.153 e. The standard InChI is InChI=1S/C15H10ClN3S2/c16-9-4-2-1-3-8(9)13-14(18-19-15(13)17)12-7-11-10(21-12)5-6-20-11/h1-7H,(H3,17,18,19). The van der Waals surface area contributed by atoms with Crippen molar-refractivity contribution in [2.75, 3.05) is 5.73 Å². The summed E-state index contributed by atoms with van der Waals surface area (Å²) in [7, 11) is 0. The monoisotopic (exact) mass is 331 g/mol. The van der Waals surface area contributed by atoms with Gasteiger partial charge in [-0.1, -0.05) is 29.8 Å². The third kappa shape index (κ3) is 2.05. The summed E-state index contributed by atoms with van der Waals surface area (Å²) in [5, 5.41) is 9.99. The Morgan fingerprint density at radius 1 is 1.14 bits per heavy atom. The van der Waals surface area contributed by atoms with Crippen LogP contribution in [-0.4, -0.2) is 10.2 Å². The van der Waals surface area contributed by atoms with Crippen LogP contribution in [0.15, 0.2) is 41.8 Å². The van der Waals surface area contributed by atoms with Gasteiger partial charge in [-0.3, -0.25) is 5.10 Å². The van der Waals surface area contributed by atoms with Crippen LogP contribution in [0.3, 0.4) is 0 Å². The third-order valence-electron chi connectivity index (χ3n) is 3.32. The highest BCUT2D eigenvalue weighted by Gasteiger charge is 2.18. The highest BCUT2D eigenvalue weighted by molar-refractivity contribution is 7.28. The van der Waals surface area contributed by atoms with Gasteiger partial charge in [0.1, 0.15) is 0 Å². The van der Waals surface area contributed by atoms with Crippen LogP contribution in [0.5, 0.6) is 0 Å². The van der Waals surface area contributed by atoms with Gasteiger partial charge in [0.15, 0.2) is 5.82 Å². The number of halogens is 1. The van der Waals surface area contributed by atoms with Gasteiger partial charge < -0.3 is 5.73 Å². The Balaban J connectivity index is 1.95. The van der Waals surface area contributed by atoms with Gasteiger partial charge in [0.25, 0.3) is 0 Å². The maximum Gasteiger partial charge on any atom is 0.153 e. The Morgan fingerprint density at radius 3 is 2.81 bits per heavy atom. The molecule has 0 spiro atoms. The molecule has 0 radical (unpaired) electrons. The molecule has 0 aliphatic heterocycles. The minimum Gasteiger partial charge on any atom is -0.382 e. The van der Waals surface area contributed by atoms with Crippen molar-refractivity contribution in [3.8, 4) is 21.7 Å². The van der Waals surface area contributed by atoms with Crippen molar-refractivity contribution < 1.29 is 0 Å². The molecule has 0 saturated heterocycles. The molecule has 4 aromatic rings. The molecule has 1 aromatic carbocycles. The number of hydrogen-bond acceptors (Lipinski definition) is 4. The number of fused-ring (bicyclic) bond motifs is 1. The van der Waals surface area contributed by atoms with E-state index in [0.29, 0.717) is 10.8 Å². The fraction of sp³-hybridized carbons (Fsp3) is 0. The fourth-order valence-corrected chi connectivity index (χ4v) is 4.70. The Morgan fingerprint density at radius 2 is 2.00 bits per heavy atom. The van der Waals surface area contributed by atoms with Crippen LogP contribution in [0, 0.1) is 0 Å². The lowest BCUT2D eigenvalue weighted by Crippen LogP contribution is -1.89. The number of nitrogens with two attached hydrogens (primary N) is 1. The van der Waals surface area contributed by atoms with E-state index in [2.05, 4.69) is 27.7 Å². The SMILES string of the molecule is Nc1n[nH]c(-c2cc3sccc3s2)c1-c1ccccc1Cl. The topological polar surface area (TPSA) is 54.7 Å². The molecule has 3 nitrogen and oxygen atoms in total. The molecule has 3 heterocycles. The van der Waals surface area contributed by atoms with Crippen LogP contribution in [0.2, 0.25) is 5.02 Å². The number of hydrogen-bond donors (Lipinski definition) is 2. The second-order valence-electron chi connectivity index (χ2n) is 4.60. The van der Waals surface area contributed by atoms with E-state index in [1.165, 1.54) is 9.40 Å². The molecule has 0 fully saturated rings. The average molecular weight is 332 g/mol. The third-order valence-corrected chi connectivity index (χ3v) is 5.76. The molecule has 0 amide bonds. The number of nitrogens with one attached hydrogen (secondary N) is 1. The van der Waals surface area contributed by atoms with E-state index < -0.39 is 0 Å². The molecule has 0 unspecified atom stereocenters. The zero-order valence-electron chi connectivity index (χ0n) is 10.8. The van der Waals surface area contributed by atoms with Gasteiger partial charge >= 0.3 is 0 Å². The molecular weight excluding hydrogens is 322 g/mol. The highest BCUT2D eigenvalue weighted by Crippen LogP contribution is 2.43. The largest absolute Gasteiger partial charge is 0.382 e. The molecule has 4 rings (SSSR count).